The van der Waals surface area contributed by atoms with E-state index in [4.69, 9.17) is 4.52 Å². The van der Waals surface area contributed by atoms with E-state index in [1.807, 2.05) is 24.3 Å². The summed E-state index contributed by atoms with van der Waals surface area (Å²) in [6, 6.07) is 7.68. The van der Waals surface area contributed by atoms with Gasteiger partial charge in [-0.3, -0.25) is 0 Å². The Labute approximate surface area is 120 Å². The molecule has 0 atom stereocenters. The number of aromatic nitrogens is 2. The molecule has 0 radical (unpaired) electrons. The van der Waals surface area contributed by atoms with Gasteiger partial charge >= 0.3 is 6.18 Å². The first-order valence-corrected chi connectivity index (χ1v) is 6.55. The van der Waals surface area contributed by atoms with E-state index >= 15 is 0 Å². The molecule has 1 N–H and O–H groups in total. The zero-order valence-corrected chi connectivity index (χ0v) is 11.7. The Morgan fingerprint density at radius 2 is 1.86 bits per heavy atom. The second-order valence-corrected chi connectivity index (χ2v) is 5.01. The molecular formula is C14H16F3N3O. The Hall–Kier alpha value is -1.89. The molecule has 0 amide bonds. The lowest BCUT2D eigenvalue weighted by Crippen LogP contribution is -2.28. The summed E-state index contributed by atoms with van der Waals surface area (Å²) in [6.45, 7) is 2.98. The van der Waals surface area contributed by atoms with Gasteiger partial charge in [0.1, 0.15) is 0 Å². The van der Waals surface area contributed by atoms with Crippen molar-refractivity contribution in [2.75, 3.05) is 6.54 Å². The van der Waals surface area contributed by atoms with E-state index in [1.165, 1.54) is 5.56 Å². The number of hydrogen-bond donors (Lipinski definition) is 1. The van der Waals surface area contributed by atoms with E-state index in [0.717, 1.165) is 5.56 Å². The summed E-state index contributed by atoms with van der Waals surface area (Å²) in [4.78, 5) is 4.07. The van der Waals surface area contributed by atoms with Gasteiger partial charge in [-0.25, -0.2) is 0 Å². The van der Waals surface area contributed by atoms with Gasteiger partial charge in [0.05, 0.1) is 13.1 Å². The van der Waals surface area contributed by atoms with Crippen LogP contribution in [0.25, 0.3) is 11.4 Å². The van der Waals surface area contributed by atoms with Gasteiger partial charge in [0, 0.05) is 5.56 Å². The summed E-state index contributed by atoms with van der Waals surface area (Å²) in [5.41, 5.74) is 1.96. The van der Waals surface area contributed by atoms with Gasteiger partial charge < -0.3 is 9.84 Å². The molecule has 7 heteroatoms. The van der Waals surface area contributed by atoms with Crippen molar-refractivity contribution in [2.24, 2.45) is 0 Å². The van der Waals surface area contributed by atoms with Gasteiger partial charge in [0.25, 0.3) is 0 Å². The second-order valence-electron chi connectivity index (χ2n) is 5.01. The van der Waals surface area contributed by atoms with Gasteiger partial charge in [0.2, 0.25) is 11.7 Å². The van der Waals surface area contributed by atoms with Crippen LogP contribution in [0.2, 0.25) is 0 Å². The Morgan fingerprint density at radius 1 is 1.19 bits per heavy atom. The van der Waals surface area contributed by atoms with Crippen LogP contribution in [0.15, 0.2) is 28.8 Å². The maximum absolute atomic E-state index is 12.0. The fraction of sp³-hybridized carbons (Fsp3) is 0.429. The zero-order valence-electron chi connectivity index (χ0n) is 11.7. The summed E-state index contributed by atoms with van der Waals surface area (Å²) in [7, 11) is 0. The lowest BCUT2D eigenvalue weighted by molar-refractivity contribution is -0.125. The smallest absolute Gasteiger partial charge is 0.338 e. The molecule has 0 unspecified atom stereocenters. The molecule has 0 saturated carbocycles. The van der Waals surface area contributed by atoms with Crippen molar-refractivity contribution in [1.29, 1.82) is 0 Å². The van der Waals surface area contributed by atoms with E-state index in [2.05, 4.69) is 29.3 Å². The summed E-state index contributed by atoms with van der Waals surface area (Å²) >= 11 is 0. The monoisotopic (exact) mass is 299 g/mol. The molecule has 0 bridgehead atoms. The molecule has 2 aromatic rings. The SMILES string of the molecule is CC(C)c1ccc(-c2noc(CNCC(F)(F)F)n2)cc1. The lowest BCUT2D eigenvalue weighted by Gasteiger charge is -2.05. The highest BCUT2D eigenvalue weighted by Gasteiger charge is 2.26. The maximum Gasteiger partial charge on any atom is 0.401 e. The second kappa shape index (κ2) is 6.26. The molecule has 0 aliphatic rings. The molecular weight excluding hydrogens is 283 g/mol. The summed E-state index contributed by atoms with van der Waals surface area (Å²) in [5.74, 6) is 0.919. The molecule has 4 nitrogen and oxygen atoms in total. The van der Waals surface area contributed by atoms with Gasteiger partial charge in [-0.05, 0) is 11.5 Å². The Balaban J connectivity index is 1.99. The van der Waals surface area contributed by atoms with Crippen molar-refractivity contribution in [3.05, 3.63) is 35.7 Å². The highest BCUT2D eigenvalue weighted by Crippen LogP contribution is 2.20. The summed E-state index contributed by atoms with van der Waals surface area (Å²) in [5, 5.41) is 5.98. The van der Waals surface area contributed by atoms with Crippen LogP contribution in [0.3, 0.4) is 0 Å². The molecule has 1 heterocycles. The van der Waals surface area contributed by atoms with Crippen LogP contribution in [0.5, 0.6) is 0 Å². The minimum absolute atomic E-state index is 0.114. The van der Waals surface area contributed by atoms with Crippen LogP contribution < -0.4 is 5.32 Å². The van der Waals surface area contributed by atoms with Crippen LogP contribution in [-0.4, -0.2) is 22.9 Å². The van der Waals surface area contributed by atoms with Crippen molar-refractivity contribution in [1.82, 2.24) is 15.5 Å². The molecule has 0 aliphatic heterocycles. The van der Waals surface area contributed by atoms with Crippen LogP contribution in [0.1, 0.15) is 31.2 Å². The van der Waals surface area contributed by atoms with Crippen LogP contribution in [0.4, 0.5) is 13.2 Å². The first kappa shape index (κ1) is 15.5. The van der Waals surface area contributed by atoms with Crippen molar-refractivity contribution >= 4 is 0 Å². The van der Waals surface area contributed by atoms with E-state index < -0.39 is 12.7 Å². The quantitative estimate of drug-likeness (QED) is 0.918. The van der Waals surface area contributed by atoms with E-state index in [0.29, 0.717) is 11.7 Å². The van der Waals surface area contributed by atoms with Crippen LogP contribution in [0, 0.1) is 0 Å². The molecule has 0 aliphatic carbocycles. The fourth-order valence-electron chi connectivity index (χ4n) is 1.77. The molecule has 2 rings (SSSR count). The first-order chi connectivity index (χ1) is 9.85. The number of nitrogens with one attached hydrogen (secondary N) is 1. The summed E-state index contributed by atoms with van der Waals surface area (Å²) < 4.78 is 40.9. The number of hydrogen-bond acceptors (Lipinski definition) is 4. The molecule has 1 aromatic carbocycles. The number of alkyl halides is 3. The minimum atomic E-state index is -4.25. The maximum atomic E-state index is 12.0. The molecule has 0 spiro atoms. The minimum Gasteiger partial charge on any atom is -0.338 e. The predicted molar refractivity (Wildman–Crippen MR) is 71.6 cm³/mol. The normalized spacial score (nSPS) is 12.1. The van der Waals surface area contributed by atoms with Crippen LogP contribution >= 0.6 is 0 Å². The fourth-order valence-corrected chi connectivity index (χ4v) is 1.77. The van der Waals surface area contributed by atoms with Crippen molar-refractivity contribution in [2.45, 2.75) is 32.5 Å². The lowest BCUT2D eigenvalue weighted by atomic mass is 10.0. The highest BCUT2D eigenvalue weighted by atomic mass is 19.4. The molecule has 0 saturated heterocycles. The molecule has 114 valence electrons. The van der Waals surface area contributed by atoms with Gasteiger partial charge in [-0.1, -0.05) is 43.3 Å². The molecule has 0 fully saturated rings. The van der Waals surface area contributed by atoms with E-state index in [9.17, 15) is 13.2 Å². The van der Waals surface area contributed by atoms with Crippen molar-refractivity contribution in [3.63, 3.8) is 0 Å². The summed E-state index contributed by atoms with van der Waals surface area (Å²) in [6.07, 6.45) is -4.25. The van der Waals surface area contributed by atoms with Gasteiger partial charge in [0.15, 0.2) is 0 Å². The van der Waals surface area contributed by atoms with Crippen LogP contribution in [-0.2, 0) is 6.54 Å². The topological polar surface area (TPSA) is 51.0 Å². The third-order valence-electron chi connectivity index (χ3n) is 2.91. The predicted octanol–water partition coefficient (Wildman–Crippen LogP) is 3.51. The Morgan fingerprint density at radius 3 is 2.43 bits per heavy atom. The molecule has 21 heavy (non-hydrogen) atoms. The largest absolute Gasteiger partial charge is 0.401 e. The number of halogens is 3. The average Bonchev–Trinajstić information content (AvgIpc) is 2.86. The van der Waals surface area contributed by atoms with Gasteiger partial charge in [-0.15, -0.1) is 0 Å². The first-order valence-electron chi connectivity index (χ1n) is 6.55. The standard InChI is InChI=1S/C14H16F3N3O/c1-9(2)10-3-5-11(6-4-10)13-19-12(21-20-13)7-18-8-14(15,16)17/h3-6,9,18H,7-8H2,1-2H3. The van der Waals surface area contributed by atoms with Gasteiger partial charge in [-0.2, -0.15) is 18.2 Å². The average molecular weight is 299 g/mol. The third kappa shape index (κ3) is 4.56. The Bertz CT molecular complexity index is 576. The van der Waals surface area contributed by atoms with Crippen molar-refractivity contribution < 1.29 is 17.7 Å². The highest BCUT2D eigenvalue weighted by molar-refractivity contribution is 5.54. The number of rotatable bonds is 5. The van der Waals surface area contributed by atoms with E-state index in [-0.39, 0.29) is 12.4 Å². The third-order valence-corrected chi connectivity index (χ3v) is 2.91. The zero-order chi connectivity index (χ0) is 15.5. The van der Waals surface area contributed by atoms with Crippen molar-refractivity contribution in [3.8, 4) is 11.4 Å². The van der Waals surface area contributed by atoms with E-state index in [1.54, 1.807) is 0 Å². The number of benzene rings is 1. The molecule has 1 aromatic heterocycles. The Kier molecular flexibility index (Phi) is 4.62. The number of nitrogens with zero attached hydrogens (tertiary/aromatic N) is 2.